The highest BCUT2D eigenvalue weighted by Gasteiger charge is 2.30. The number of rotatable bonds is 5. The highest BCUT2D eigenvalue weighted by atomic mass is 32.1. The molecule has 30 heavy (non-hydrogen) atoms. The van der Waals surface area contributed by atoms with Crippen LogP contribution in [0.25, 0.3) is 0 Å². The van der Waals surface area contributed by atoms with Gasteiger partial charge in [0.2, 0.25) is 0 Å². The van der Waals surface area contributed by atoms with Crippen LogP contribution >= 0.6 is 11.3 Å². The Balaban J connectivity index is 1.68. The normalized spacial score (nSPS) is 12.4. The van der Waals surface area contributed by atoms with Crippen LogP contribution in [0, 0.1) is 13.8 Å². The van der Waals surface area contributed by atoms with Gasteiger partial charge < -0.3 is 10.6 Å². The van der Waals surface area contributed by atoms with Crippen molar-refractivity contribution in [3.8, 4) is 0 Å². The Labute approximate surface area is 174 Å². The van der Waals surface area contributed by atoms with Crippen molar-refractivity contribution >= 4 is 28.8 Å². The highest BCUT2D eigenvalue weighted by molar-refractivity contribution is 7.10. The van der Waals surface area contributed by atoms with Crippen LogP contribution in [0.2, 0.25) is 0 Å². The van der Waals surface area contributed by atoms with Crippen LogP contribution in [0.15, 0.2) is 47.8 Å². The van der Waals surface area contributed by atoms with Crippen molar-refractivity contribution in [2.75, 3.05) is 11.9 Å². The fourth-order valence-corrected chi connectivity index (χ4v) is 3.79. The summed E-state index contributed by atoms with van der Waals surface area (Å²) in [5, 5.41) is 11.1. The molecule has 3 aromatic rings. The van der Waals surface area contributed by atoms with Gasteiger partial charge in [-0.05, 0) is 49.6 Å². The van der Waals surface area contributed by atoms with Crippen molar-refractivity contribution in [3.05, 3.63) is 69.7 Å². The van der Waals surface area contributed by atoms with E-state index in [2.05, 4.69) is 15.7 Å². The topological polar surface area (TPSA) is 76.0 Å². The molecule has 3 rings (SSSR count). The second-order valence-electron chi connectivity index (χ2n) is 6.65. The Bertz CT molecular complexity index is 1040. The maximum absolute atomic E-state index is 12.8. The molecule has 0 aliphatic carbocycles. The summed E-state index contributed by atoms with van der Waals surface area (Å²) in [4.78, 5) is 25.4. The van der Waals surface area contributed by atoms with Gasteiger partial charge in [0.15, 0.2) is 0 Å². The van der Waals surface area contributed by atoms with Crippen molar-refractivity contribution in [3.63, 3.8) is 0 Å². The second-order valence-corrected chi connectivity index (χ2v) is 7.62. The summed E-state index contributed by atoms with van der Waals surface area (Å²) in [6.45, 7) is 3.84. The predicted octanol–water partition coefficient (Wildman–Crippen LogP) is 3.92. The first-order chi connectivity index (χ1) is 14.1. The lowest BCUT2D eigenvalue weighted by Gasteiger charge is -2.19. The molecule has 6 nitrogen and oxygen atoms in total. The van der Waals surface area contributed by atoms with Gasteiger partial charge in [-0.25, -0.2) is 0 Å². The Hall–Kier alpha value is -3.14. The summed E-state index contributed by atoms with van der Waals surface area (Å²) < 4.78 is 40.2. The molecule has 0 saturated heterocycles. The quantitative estimate of drug-likeness (QED) is 0.595. The van der Waals surface area contributed by atoms with E-state index in [-0.39, 0.29) is 18.3 Å². The molecule has 0 fully saturated rings. The first kappa shape index (κ1) is 21.6. The van der Waals surface area contributed by atoms with E-state index in [4.69, 9.17) is 0 Å². The molecule has 0 radical (unpaired) electrons. The van der Waals surface area contributed by atoms with Crippen molar-refractivity contribution in [2.24, 2.45) is 0 Å². The summed E-state index contributed by atoms with van der Waals surface area (Å²) in [7, 11) is 0. The van der Waals surface area contributed by atoms with Gasteiger partial charge >= 0.3 is 18.0 Å². The number of aryl methyl sites for hydroxylation is 2. The number of nitrogens with zero attached hydrogens (tertiary/aromatic N) is 2. The number of nitrogens with one attached hydrogen (secondary N) is 2. The minimum atomic E-state index is -4.54. The first-order valence-corrected chi connectivity index (χ1v) is 9.85. The number of thiophene rings is 1. The maximum Gasteiger partial charge on any atom is 0.416 e. The number of amides is 2. The van der Waals surface area contributed by atoms with Crippen molar-refractivity contribution in [2.45, 2.75) is 26.1 Å². The monoisotopic (exact) mass is 436 g/mol. The summed E-state index contributed by atoms with van der Waals surface area (Å²) in [5.41, 5.74) is 0.692. The number of carbonyl (C=O) groups is 2. The highest BCUT2D eigenvalue weighted by Crippen LogP contribution is 2.30. The summed E-state index contributed by atoms with van der Waals surface area (Å²) in [6.07, 6.45) is -4.54. The van der Waals surface area contributed by atoms with Crippen LogP contribution in [-0.2, 0) is 15.8 Å². The minimum Gasteiger partial charge on any atom is -0.345 e. The van der Waals surface area contributed by atoms with Gasteiger partial charge in [-0.1, -0.05) is 12.1 Å². The van der Waals surface area contributed by atoms with Crippen molar-refractivity contribution < 1.29 is 22.8 Å². The zero-order valence-electron chi connectivity index (χ0n) is 16.2. The molecule has 0 spiro atoms. The SMILES string of the molecule is Cc1cc(C)n(C(CNC(=O)C(=O)Nc2cccc(C(F)(F)F)c2)c2cccs2)n1. The van der Waals surface area contributed by atoms with E-state index < -0.39 is 23.6 Å². The number of carbonyl (C=O) groups excluding carboxylic acids is 2. The van der Waals surface area contributed by atoms with Gasteiger partial charge in [-0.3, -0.25) is 14.3 Å². The molecular formula is C20H19F3N4O2S. The summed E-state index contributed by atoms with van der Waals surface area (Å²) >= 11 is 1.49. The lowest BCUT2D eigenvalue weighted by atomic mass is 10.2. The average molecular weight is 436 g/mol. The molecule has 1 unspecified atom stereocenters. The number of anilines is 1. The van der Waals surface area contributed by atoms with E-state index in [0.29, 0.717) is 0 Å². The van der Waals surface area contributed by atoms with Crippen molar-refractivity contribution in [1.29, 1.82) is 0 Å². The summed E-state index contributed by atoms with van der Waals surface area (Å²) in [6, 6.07) is 9.47. The van der Waals surface area contributed by atoms with Crippen LogP contribution in [0.4, 0.5) is 18.9 Å². The predicted molar refractivity (Wildman–Crippen MR) is 107 cm³/mol. The minimum absolute atomic E-state index is 0.0946. The molecule has 158 valence electrons. The Morgan fingerprint density at radius 2 is 1.90 bits per heavy atom. The molecule has 0 bridgehead atoms. The van der Waals surface area contributed by atoms with E-state index in [0.717, 1.165) is 34.5 Å². The van der Waals surface area contributed by atoms with E-state index in [9.17, 15) is 22.8 Å². The number of hydrogen-bond acceptors (Lipinski definition) is 4. The molecule has 2 amide bonds. The smallest absolute Gasteiger partial charge is 0.345 e. The number of hydrogen-bond donors (Lipinski definition) is 2. The first-order valence-electron chi connectivity index (χ1n) is 8.97. The van der Waals surface area contributed by atoms with Gasteiger partial charge in [-0.15, -0.1) is 11.3 Å². The number of alkyl halides is 3. The zero-order valence-corrected chi connectivity index (χ0v) is 17.0. The van der Waals surface area contributed by atoms with Gasteiger partial charge in [0.05, 0.1) is 11.3 Å². The molecule has 2 aromatic heterocycles. The van der Waals surface area contributed by atoms with E-state index in [1.165, 1.54) is 17.4 Å². The molecule has 0 saturated carbocycles. The van der Waals surface area contributed by atoms with E-state index >= 15 is 0 Å². The zero-order chi connectivity index (χ0) is 21.9. The standard InChI is InChI=1S/C20H19F3N4O2S/c1-12-9-13(2)27(26-12)16(17-7-4-8-30-17)11-24-18(28)19(29)25-15-6-3-5-14(10-15)20(21,22)23/h3-10,16H,11H2,1-2H3,(H,24,28)(H,25,29). The molecule has 10 heteroatoms. The average Bonchev–Trinajstić information content (AvgIpc) is 3.31. The van der Waals surface area contributed by atoms with E-state index in [1.807, 2.05) is 37.4 Å². The molecule has 2 N–H and O–H groups in total. The molecule has 0 aliphatic rings. The van der Waals surface area contributed by atoms with Crippen LogP contribution < -0.4 is 10.6 Å². The van der Waals surface area contributed by atoms with Crippen molar-refractivity contribution in [1.82, 2.24) is 15.1 Å². The van der Waals surface area contributed by atoms with Crippen LogP contribution in [-0.4, -0.2) is 28.1 Å². The molecule has 1 aromatic carbocycles. The lowest BCUT2D eigenvalue weighted by Crippen LogP contribution is -2.39. The fraction of sp³-hybridized carbons (Fsp3) is 0.250. The number of benzene rings is 1. The Morgan fingerprint density at radius 3 is 2.50 bits per heavy atom. The van der Waals surface area contributed by atoms with Gasteiger partial charge in [0, 0.05) is 22.8 Å². The summed E-state index contributed by atoms with van der Waals surface area (Å²) in [5.74, 6) is -2.00. The Kier molecular flexibility index (Phi) is 6.25. The largest absolute Gasteiger partial charge is 0.416 e. The third kappa shape index (κ3) is 5.07. The van der Waals surface area contributed by atoms with Gasteiger partial charge in [0.1, 0.15) is 6.04 Å². The fourth-order valence-electron chi connectivity index (χ4n) is 2.98. The van der Waals surface area contributed by atoms with Gasteiger partial charge in [-0.2, -0.15) is 18.3 Å². The molecule has 2 heterocycles. The van der Waals surface area contributed by atoms with Gasteiger partial charge in [0.25, 0.3) is 0 Å². The third-order valence-electron chi connectivity index (χ3n) is 4.32. The molecule has 1 atom stereocenters. The van der Waals surface area contributed by atoms with Crippen LogP contribution in [0.5, 0.6) is 0 Å². The Morgan fingerprint density at radius 1 is 1.13 bits per heavy atom. The second kappa shape index (κ2) is 8.70. The molecular weight excluding hydrogens is 417 g/mol. The molecule has 0 aliphatic heterocycles. The van der Waals surface area contributed by atoms with Crippen LogP contribution in [0.1, 0.15) is 27.9 Å². The van der Waals surface area contributed by atoms with Crippen LogP contribution in [0.3, 0.4) is 0 Å². The van der Waals surface area contributed by atoms with E-state index in [1.54, 1.807) is 4.68 Å². The lowest BCUT2D eigenvalue weighted by molar-refractivity contribution is -0.137. The number of aromatic nitrogens is 2. The maximum atomic E-state index is 12.8. The number of halogens is 3. The third-order valence-corrected chi connectivity index (χ3v) is 5.29.